The summed E-state index contributed by atoms with van der Waals surface area (Å²) in [5.74, 6) is 1.48. The van der Waals surface area contributed by atoms with E-state index < -0.39 is 0 Å². The molecule has 0 radical (unpaired) electrons. The van der Waals surface area contributed by atoms with Crippen LogP contribution in [0, 0.1) is 6.92 Å². The van der Waals surface area contributed by atoms with Gasteiger partial charge in [-0.3, -0.25) is 0 Å². The van der Waals surface area contributed by atoms with E-state index in [9.17, 15) is 0 Å². The van der Waals surface area contributed by atoms with E-state index >= 15 is 0 Å². The van der Waals surface area contributed by atoms with E-state index in [0.29, 0.717) is 5.92 Å². The van der Waals surface area contributed by atoms with Crippen molar-refractivity contribution in [3.63, 3.8) is 0 Å². The molecule has 2 rings (SSSR count). The Kier molecular flexibility index (Phi) is 4.25. The predicted octanol–water partition coefficient (Wildman–Crippen LogP) is 5.04. The van der Waals surface area contributed by atoms with Crippen molar-refractivity contribution >= 4 is 27.4 Å². The smallest absolute Gasteiger partial charge is 0.132 e. The van der Waals surface area contributed by atoms with Crippen molar-refractivity contribution < 1.29 is 0 Å². The molecule has 0 aliphatic rings. The number of benzene rings is 1. The number of rotatable bonds is 3. The quantitative estimate of drug-likeness (QED) is 0.787. The highest BCUT2D eigenvalue weighted by Crippen LogP contribution is 2.29. The van der Waals surface area contributed by atoms with Gasteiger partial charge >= 0.3 is 0 Å². The minimum atomic E-state index is 0.533. The summed E-state index contributed by atoms with van der Waals surface area (Å²) >= 11 is 3.41. The normalized spacial score (nSPS) is 10.8. The van der Waals surface area contributed by atoms with Crippen LogP contribution in [0.4, 0.5) is 11.5 Å². The summed E-state index contributed by atoms with van der Waals surface area (Å²) < 4.78 is 0.998. The Balaban J connectivity index is 2.40. The number of hydrogen-bond acceptors (Lipinski definition) is 2. The van der Waals surface area contributed by atoms with Gasteiger partial charge in [-0.25, -0.2) is 4.98 Å². The molecule has 0 atom stereocenters. The Morgan fingerprint density at radius 3 is 2.47 bits per heavy atom. The number of anilines is 2. The van der Waals surface area contributed by atoms with E-state index in [1.807, 2.05) is 18.3 Å². The zero-order valence-electron chi connectivity index (χ0n) is 11.8. The number of aryl methyl sites for hydroxylation is 1. The molecule has 1 heterocycles. The van der Waals surface area contributed by atoms with Crippen LogP contribution in [0.3, 0.4) is 0 Å². The lowest BCUT2D eigenvalue weighted by Crippen LogP contribution is -2.12. The molecular formula is C16H19BrN2. The number of halogens is 1. The molecule has 0 amide bonds. The average Bonchev–Trinajstić information content (AvgIpc) is 2.39. The van der Waals surface area contributed by atoms with Crippen LogP contribution >= 0.6 is 15.9 Å². The van der Waals surface area contributed by atoms with Crippen LogP contribution in [0.2, 0.25) is 0 Å². The highest BCUT2D eigenvalue weighted by molar-refractivity contribution is 9.10. The standard InChI is InChI=1S/C16H19BrN2/c1-11(2)13-6-5-12(3)15(9-13)19(4)16-8-7-14(17)10-18-16/h5-11H,1-4H3. The lowest BCUT2D eigenvalue weighted by atomic mass is 10.0. The van der Waals surface area contributed by atoms with Crippen LogP contribution in [-0.2, 0) is 0 Å². The molecule has 3 heteroatoms. The molecule has 1 aromatic carbocycles. The van der Waals surface area contributed by atoms with Gasteiger partial charge < -0.3 is 4.90 Å². The summed E-state index contributed by atoms with van der Waals surface area (Å²) in [6.07, 6.45) is 1.83. The highest BCUT2D eigenvalue weighted by atomic mass is 79.9. The van der Waals surface area contributed by atoms with Gasteiger partial charge in [0.2, 0.25) is 0 Å². The van der Waals surface area contributed by atoms with Gasteiger partial charge in [0.05, 0.1) is 0 Å². The molecule has 0 N–H and O–H groups in total. The van der Waals surface area contributed by atoms with Crippen molar-refractivity contribution in [2.75, 3.05) is 11.9 Å². The fourth-order valence-corrected chi connectivity index (χ4v) is 2.27. The van der Waals surface area contributed by atoms with Crippen molar-refractivity contribution in [3.8, 4) is 0 Å². The molecule has 0 fully saturated rings. The van der Waals surface area contributed by atoms with Gasteiger partial charge in [-0.2, -0.15) is 0 Å². The first-order chi connectivity index (χ1) is 8.99. The van der Waals surface area contributed by atoms with Crippen LogP contribution in [0.5, 0.6) is 0 Å². The van der Waals surface area contributed by atoms with Gasteiger partial charge in [0.25, 0.3) is 0 Å². The van der Waals surface area contributed by atoms with Crippen LogP contribution in [0.1, 0.15) is 30.9 Å². The van der Waals surface area contributed by atoms with Crippen molar-refractivity contribution in [1.82, 2.24) is 4.98 Å². The van der Waals surface area contributed by atoms with Crippen LogP contribution in [-0.4, -0.2) is 12.0 Å². The molecule has 0 aliphatic heterocycles. The molecule has 0 unspecified atom stereocenters. The van der Waals surface area contributed by atoms with E-state index in [1.54, 1.807) is 0 Å². The number of nitrogens with zero attached hydrogens (tertiary/aromatic N) is 2. The van der Waals surface area contributed by atoms with E-state index in [0.717, 1.165) is 10.3 Å². The Morgan fingerprint density at radius 2 is 1.89 bits per heavy atom. The van der Waals surface area contributed by atoms with Crippen LogP contribution < -0.4 is 4.90 Å². The van der Waals surface area contributed by atoms with E-state index in [4.69, 9.17) is 0 Å². The van der Waals surface area contributed by atoms with Gasteiger partial charge in [-0.1, -0.05) is 26.0 Å². The Hall–Kier alpha value is -1.35. The fourth-order valence-electron chi connectivity index (χ4n) is 2.04. The van der Waals surface area contributed by atoms with Crippen molar-refractivity contribution in [2.45, 2.75) is 26.7 Å². The fraction of sp³-hybridized carbons (Fsp3) is 0.312. The largest absolute Gasteiger partial charge is 0.329 e. The lowest BCUT2D eigenvalue weighted by Gasteiger charge is -2.22. The second-order valence-corrected chi connectivity index (χ2v) is 6.01. The predicted molar refractivity (Wildman–Crippen MR) is 85.3 cm³/mol. The van der Waals surface area contributed by atoms with Crippen molar-refractivity contribution in [3.05, 3.63) is 52.1 Å². The lowest BCUT2D eigenvalue weighted by molar-refractivity contribution is 0.865. The van der Waals surface area contributed by atoms with Gasteiger partial charge in [-0.15, -0.1) is 0 Å². The third-order valence-corrected chi connectivity index (χ3v) is 3.79. The minimum absolute atomic E-state index is 0.533. The average molecular weight is 319 g/mol. The monoisotopic (exact) mass is 318 g/mol. The Labute approximate surface area is 123 Å². The first kappa shape index (κ1) is 14.1. The first-order valence-corrected chi connectivity index (χ1v) is 7.24. The molecule has 0 bridgehead atoms. The van der Waals surface area contributed by atoms with E-state index in [2.05, 4.69) is 71.8 Å². The molecular weight excluding hydrogens is 300 g/mol. The molecule has 0 aliphatic carbocycles. The zero-order chi connectivity index (χ0) is 14.0. The molecule has 100 valence electrons. The Bertz CT molecular complexity index is 561. The summed E-state index contributed by atoms with van der Waals surface area (Å²) in [5, 5.41) is 0. The molecule has 19 heavy (non-hydrogen) atoms. The zero-order valence-corrected chi connectivity index (χ0v) is 13.4. The second kappa shape index (κ2) is 5.74. The molecule has 2 nitrogen and oxygen atoms in total. The van der Waals surface area contributed by atoms with Crippen molar-refractivity contribution in [2.24, 2.45) is 0 Å². The SMILES string of the molecule is Cc1ccc(C(C)C)cc1N(C)c1ccc(Br)cn1. The minimum Gasteiger partial charge on any atom is -0.329 e. The number of aromatic nitrogens is 1. The topological polar surface area (TPSA) is 16.1 Å². The van der Waals surface area contributed by atoms with Gasteiger partial charge in [0.15, 0.2) is 0 Å². The van der Waals surface area contributed by atoms with Crippen molar-refractivity contribution in [1.29, 1.82) is 0 Å². The summed E-state index contributed by atoms with van der Waals surface area (Å²) in [6.45, 7) is 6.56. The van der Waals surface area contributed by atoms with Crippen LogP contribution in [0.15, 0.2) is 41.0 Å². The van der Waals surface area contributed by atoms with Gasteiger partial charge in [0.1, 0.15) is 5.82 Å². The maximum atomic E-state index is 4.45. The first-order valence-electron chi connectivity index (χ1n) is 6.45. The summed E-state index contributed by atoms with van der Waals surface area (Å²) in [6, 6.07) is 10.7. The van der Waals surface area contributed by atoms with E-state index in [1.165, 1.54) is 16.8 Å². The summed E-state index contributed by atoms with van der Waals surface area (Å²) in [5.41, 5.74) is 3.82. The third-order valence-electron chi connectivity index (χ3n) is 3.32. The summed E-state index contributed by atoms with van der Waals surface area (Å²) in [4.78, 5) is 6.58. The number of hydrogen-bond donors (Lipinski definition) is 0. The van der Waals surface area contributed by atoms with Gasteiger partial charge in [-0.05, 0) is 58.1 Å². The molecule has 0 saturated heterocycles. The highest BCUT2D eigenvalue weighted by Gasteiger charge is 2.10. The Morgan fingerprint density at radius 1 is 1.16 bits per heavy atom. The molecule has 2 aromatic rings. The van der Waals surface area contributed by atoms with E-state index in [-0.39, 0.29) is 0 Å². The van der Waals surface area contributed by atoms with Gasteiger partial charge in [0, 0.05) is 23.4 Å². The molecule has 0 spiro atoms. The second-order valence-electron chi connectivity index (χ2n) is 5.09. The maximum absolute atomic E-state index is 4.45. The molecule has 1 aromatic heterocycles. The third kappa shape index (κ3) is 3.16. The molecule has 0 saturated carbocycles. The maximum Gasteiger partial charge on any atom is 0.132 e. The van der Waals surface area contributed by atoms with Crippen LogP contribution in [0.25, 0.3) is 0 Å². The number of pyridine rings is 1. The summed E-state index contributed by atoms with van der Waals surface area (Å²) in [7, 11) is 2.06.